The predicted molar refractivity (Wildman–Crippen MR) is 154 cm³/mol. The highest BCUT2D eigenvalue weighted by Gasteiger charge is 2.50. The molecule has 1 aliphatic carbocycles. The van der Waals surface area contributed by atoms with Crippen molar-refractivity contribution in [1.82, 2.24) is 20.2 Å². The SMILES string of the molecule is CNC(=O)C[C@H](CC(C)C)Nc1nc(N2CCC3(CN(C(=O)OC(C)(C)C)C3)C2)nc2cc(C3CC3)ccc12. The lowest BCUT2D eigenvalue weighted by Gasteiger charge is -2.47. The van der Waals surface area contributed by atoms with Gasteiger partial charge in [0.25, 0.3) is 0 Å². The molecule has 1 aromatic carbocycles. The molecule has 0 radical (unpaired) electrons. The second-order valence-electron chi connectivity index (χ2n) is 13.3. The molecule has 3 fully saturated rings. The molecule has 2 amide bonds. The fourth-order valence-corrected chi connectivity index (χ4v) is 5.92. The molecule has 212 valence electrons. The summed E-state index contributed by atoms with van der Waals surface area (Å²) in [6, 6.07) is 6.53. The molecule has 2 aliphatic heterocycles. The van der Waals surface area contributed by atoms with Gasteiger partial charge in [-0.25, -0.2) is 9.78 Å². The Kier molecular flexibility index (Phi) is 7.37. The maximum atomic E-state index is 12.5. The zero-order chi connectivity index (χ0) is 27.9. The van der Waals surface area contributed by atoms with E-state index in [-0.39, 0.29) is 23.5 Å². The lowest BCUT2D eigenvalue weighted by atomic mass is 9.79. The van der Waals surface area contributed by atoms with Crippen LogP contribution < -0.4 is 15.5 Å². The van der Waals surface area contributed by atoms with Gasteiger partial charge in [-0.1, -0.05) is 19.9 Å². The molecule has 1 atom stereocenters. The van der Waals surface area contributed by atoms with E-state index >= 15 is 0 Å². The fraction of sp³-hybridized carbons (Fsp3) is 0.667. The molecular weight excluding hydrogens is 492 g/mol. The zero-order valence-electron chi connectivity index (χ0n) is 24.3. The molecule has 2 aromatic rings. The summed E-state index contributed by atoms with van der Waals surface area (Å²) in [5.74, 6) is 2.59. The Morgan fingerprint density at radius 2 is 1.90 bits per heavy atom. The lowest BCUT2D eigenvalue weighted by Crippen LogP contribution is -2.60. The van der Waals surface area contributed by atoms with Crippen molar-refractivity contribution < 1.29 is 14.3 Å². The van der Waals surface area contributed by atoms with Crippen LogP contribution in [0.4, 0.5) is 16.6 Å². The van der Waals surface area contributed by atoms with E-state index in [0.29, 0.717) is 37.3 Å². The highest BCUT2D eigenvalue weighted by Crippen LogP contribution is 2.43. The summed E-state index contributed by atoms with van der Waals surface area (Å²) >= 11 is 0. The Balaban J connectivity index is 1.38. The van der Waals surface area contributed by atoms with E-state index in [2.05, 4.69) is 47.6 Å². The van der Waals surface area contributed by atoms with E-state index < -0.39 is 5.60 Å². The summed E-state index contributed by atoms with van der Waals surface area (Å²) in [5.41, 5.74) is 1.85. The summed E-state index contributed by atoms with van der Waals surface area (Å²) in [6.07, 6.45) is 4.48. The van der Waals surface area contributed by atoms with Crippen LogP contribution in [0.1, 0.15) is 78.2 Å². The van der Waals surface area contributed by atoms with Crippen molar-refractivity contribution in [2.24, 2.45) is 11.3 Å². The summed E-state index contributed by atoms with van der Waals surface area (Å²) < 4.78 is 5.57. The minimum Gasteiger partial charge on any atom is -0.444 e. The molecule has 0 unspecified atom stereocenters. The van der Waals surface area contributed by atoms with Gasteiger partial charge in [0.05, 0.1) is 5.52 Å². The molecule has 1 saturated carbocycles. The maximum Gasteiger partial charge on any atom is 0.410 e. The summed E-state index contributed by atoms with van der Waals surface area (Å²) in [5, 5.41) is 7.38. The van der Waals surface area contributed by atoms with E-state index in [0.717, 1.165) is 42.7 Å². The zero-order valence-corrected chi connectivity index (χ0v) is 24.3. The monoisotopic (exact) mass is 536 g/mol. The Labute approximate surface area is 232 Å². The van der Waals surface area contributed by atoms with Crippen molar-refractivity contribution in [3.63, 3.8) is 0 Å². The van der Waals surface area contributed by atoms with Gasteiger partial charge >= 0.3 is 6.09 Å². The Bertz CT molecular complexity index is 1230. The van der Waals surface area contributed by atoms with Gasteiger partial charge in [-0.05, 0) is 76.0 Å². The second kappa shape index (κ2) is 10.5. The topological polar surface area (TPSA) is 99.7 Å². The van der Waals surface area contributed by atoms with Crippen molar-refractivity contribution in [2.45, 2.75) is 84.3 Å². The van der Waals surface area contributed by atoms with Gasteiger partial charge < -0.3 is 25.2 Å². The molecule has 3 heterocycles. The number of fused-ring (bicyclic) bond motifs is 1. The van der Waals surface area contributed by atoms with E-state index in [1.165, 1.54) is 18.4 Å². The van der Waals surface area contributed by atoms with Gasteiger partial charge in [-0.3, -0.25) is 4.79 Å². The number of carbonyl (C=O) groups excluding carboxylic acids is 2. The minimum absolute atomic E-state index is 0.0174. The van der Waals surface area contributed by atoms with E-state index in [4.69, 9.17) is 14.7 Å². The van der Waals surface area contributed by atoms with Crippen molar-refractivity contribution in [1.29, 1.82) is 0 Å². The van der Waals surface area contributed by atoms with Crippen molar-refractivity contribution in [2.75, 3.05) is 43.4 Å². The Hall–Kier alpha value is -3.10. The number of nitrogens with zero attached hydrogens (tertiary/aromatic N) is 4. The first kappa shape index (κ1) is 27.5. The number of ether oxygens (including phenoxy) is 1. The number of amides is 2. The van der Waals surface area contributed by atoms with Crippen LogP contribution in [0.5, 0.6) is 0 Å². The summed E-state index contributed by atoms with van der Waals surface area (Å²) in [6.45, 7) is 13.1. The van der Waals surface area contributed by atoms with E-state index in [1.807, 2.05) is 20.8 Å². The van der Waals surface area contributed by atoms with Crippen LogP contribution in [0.15, 0.2) is 18.2 Å². The molecule has 9 heteroatoms. The third-order valence-electron chi connectivity index (χ3n) is 7.99. The smallest absolute Gasteiger partial charge is 0.410 e. The average molecular weight is 537 g/mol. The Morgan fingerprint density at radius 3 is 2.54 bits per heavy atom. The number of hydrogen-bond donors (Lipinski definition) is 2. The summed E-state index contributed by atoms with van der Waals surface area (Å²) in [7, 11) is 1.68. The van der Waals surface area contributed by atoms with E-state index in [1.54, 1.807) is 11.9 Å². The number of anilines is 2. The van der Waals surface area contributed by atoms with Crippen LogP contribution in [-0.2, 0) is 9.53 Å². The van der Waals surface area contributed by atoms with Gasteiger partial charge in [0.2, 0.25) is 11.9 Å². The first-order chi connectivity index (χ1) is 18.4. The molecular formula is C30H44N6O3. The number of hydrogen-bond acceptors (Lipinski definition) is 7. The van der Waals surface area contributed by atoms with Crippen LogP contribution in [-0.4, -0.2) is 71.7 Å². The number of nitrogens with one attached hydrogen (secondary N) is 2. The van der Waals surface area contributed by atoms with Gasteiger partial charge in [-0.2, -0.15) is 4.98 Å². The number of aromatic nitrogens is 2. The second-order valence-corrected chi connectivity index (χ2v) is 13.3. The molecule has 0 bridgehead atoms. The molecule has 5 rings (SSSR count). The van der Waals surface area contributed by atoms with Gasteiger partial charge in [0.15, 0.2) is 0 Å². The first-order valence-electron chi connectivity index (χ1n) is 14.5. The maximum absolute atomic E-state index is 12.5. The Morgan fingerprint density at radius 1 is 1.15 bits per heavy atom. The first-order valence-corrected chi connectivity index (χ1v) is 14.5. The largest absolute Gasteiger partial charge is 0.444 e. The van der Waals surface area contributed by atoms with Crippen molar-refractivity contribution in [3.05, 3.63) is 23.8 Å². The predicted octanol–water partition coefficient (Wildman–Crippen LogP) is 4.92. The van der Waals surface area contributed by atoms with Crippen LogP contribution >= 0.6 is 0 Å². The molecule has 3 aliphatic rings. The quantitative estimate of drug-likeness (QED) is 0.494. The van der Waals surface area contributed by atoms with Gasteiger partial charge in [-0.15, -0.1) is 0 Å². The number of carbonyl (C=O) groups is 2. The number of likely N-dealkylation sites (tertiary alicyclic amines) is 1. The molecule has 2 N–H and O–H groups in total. The molecule has 39 heavy (non-hydrogen) atoms. The third-order valence-corrected chi connectivity index (χ3v) is 7.99. The highest BCUT2D eigenvalue weighted by atomic mass is 16.6. The summed E-state index contributed by atoms with van der Waals surface area (Å²) in [4.78, 5) is 39.0. The normalized spacial score (nSPS) is 19.4. The van der Waals surface area contributed by atoms with Gasteiger partial charge in [0.1, 0.15) is 11.4 Å². The molecule has 9 nitrogen and oxygen atoms in total. The van der Waals surface area contributed by atoms with Gasteiger partial charge in [0, 0.05) is 56.5 Å². The highest BCUT2D eigenvalue weighted by molar-refractivity contribution is 5.91. The fourth-order valence-electron chi connectivity index (χ4n) is 5.92. The van der Waals surface area contributed by atoms with Crippen molar-refractivity contribution >= 4 is 34.7 Å². The standard InChI is InChI=1S/C30H44N6O3/c1-19(2)13-22(15-25(37)31-6)32-26-23-10-9-21(20-7-8-20)14-24(23)33-27(34-26)35-12-11-30(16-35)17-36(18-30)28(38)39-29(3,4)5/h9-10,14,19-20,22H,7-8,11-13,15-18H2,1-6H3,(H,31,37)(H,32,33,34)/t22-/m0/s1. The number of rotatable bonds is 8. The molecule has 2 saturated heterocycles. The van der Waals surface area contributed by atoms with Crippen LogP contribution in [0, 0.1) is 11.3 Å². The van der Waals surface area contributed by atoms with E-state index in [9.17, 15) is 9.59 Å². The van der Waals surface area contributed by atoms with Crippen LogP contribution in [0.2, 0.25) is 0 Å². The van der Waals surface area contributed by atoms with Crippen molar-refractivity contribution in [3.8, 4) is 0 Å². The third kappa shape index (κ3) is 6.39. The lowest BCUT2D eigenvalue weighted by molar-refractivity contribution is -0.120. The van der Waals surface area contributed by atoms with Crippen LogP contribution in [0.3, 0.4) is 0 Å². The average Bonchev–Trinajstić information content (AvgIpc) is 3.58. The van der Waals surface area contributed by atoms with Crippen LogP contribution in [0.25, 0.3) is 10.9 Å². The number of benzene rings is 1. The molecule has 1 spiro atoms. The molecule has 1 aromatic heterocycles. The minimum atomic E-state index is -0.492.